The lowest BCUT2D eigenvalue weighted by Gasteiger charge is -2.02. The predicted molar refractivity (Wildman–Crippen MR) is 59.7 cm³/mol. The van der Waals surface area contributed by atoms with Crippen LogP contribution in [0.1, 0.15) is 11.3 Å². The van der Waals surface area contributed by atoms with Gasteiger partial charge in [0.1, 0.15) is 0 Å². The van der Waals surface area contributed by atoms with Crippen LogP contribution in [0, 0.1) is 0 Å². The Morgan fingerprint density at radius 2 is 1.86 bits per heavy atom. The van der Waals surface area contributed by atoms with E-state index in [1.54, 1.807) is 0 Å². The number of H-pyrrole nitrogens is 1. The molecule has 0 fully saturated rings. The van der Waals surface area contributed by atoms with Crippen LogP contribution in [0.2, 0.25) is 5.02 Å². The van der Waals surface area contributed by atoms with Crippen molar-refractivity contribution in [2.24, 2.45) is 0 Å². The highest BCUT2D eigenvalue weighted by Crippen LogP contribution is 2.16. The Bertz CT molecular complexity index is 392. The quantitative estimate of drug-likeness (QED) is 0.790. The number of benzene rings is 1. The number of halogens is 1. The highest BCUT2D eigenvalue weighted by molar-refractivity contribution is 6.31. The SMILES string of the molecule is Clc1ccccc1CCc1ccc[nH]1. The van der Waals surface area contributed by atoms with Crippen LogP contribution < -0.4 is 0 Å². The Hall–Kier alpha value is -1.21. The van der Waals surface area contributed by atoms with Crippen molar-refractivity contribution in [3.05, 3.63) is 58.9 Å². The van der Waals surface area contributed by atoms with E-state index in [4.69, 9.17) is 11.6 Å². The minimum absolute atomic E-state index is 0.860. The fraction of sp³-hybridized carbons (Fsp3) is 0.167. The van der Waals surface area contributed by atoms with Crippen LogP contribution in [0.5, 0.6) is 0 Å². The van der Waals surface area contributed by atoms with Gasteiger partial charge in [-0.1, -0.05) is 29.8 Å². The maximum atomic E-state index is 6.05. The molecular formula is C12H12ClN. The van der Waals surface area contributed by atoms with Crippen molar-refractivity contribution in [1.29, 1.82) is 0 Å². The van der Waals surface area contributed by atoms with Crippen molar-refractivity contribution < 1.29 is 0 Å². The molecule has 0 bridgehead atoms. The lowest BCUT2D eigenvalue weighted by molar-refractivity contribution is 0.926. The summed E-state index contributed by atoms with van der Waals surface area (Å²) in [6.45, 7) is 0. The molecule has 0 unspecified atom stereocenters. The number of aromatic nitrogens is 1. The van der Waals surface area contributed by atoms with Gasteiger partial charge in [-0.15, -0.1) is 0 Å². The zero-order chi connectivity index (χ0) is 9.80. The molecule has 0 atom stereocenters. The highest BCUT2D eigenvalue weighted by Gasteiger charge is 1.99. The summed E-state index contributed by atoms with van der Waals surface area (Å²) in [5.74, 6) is 0. The molecule has 14 heavy (non-hydrogen) atoms. The van der Waals surface area contributed by atoms with Gasteiger partial charge in [0.2, 0.25) is 0 Å². The van der Waals surface area contributed by atoms with Crippen molar-refractivity contribution in [2.45, 2.75) is 12.8 Å². The van der Waals surface area contributed by atoms with Gasteiger partial charge in [-0.3, -0.25) is 0 Å². The van der Waals surface area contributed by atoms with Crippen LogP contribution in [0.25, 0.3) is 0 Å². The Labute approximate surface area is 88.7 Å². The van der Waals surface area contributed by atoms with Gasteiger partial charge in [-0.25, -0.2) is 0 Å². The molecule has 1 heterocycles. The third kappa shape index (κ3) is 2.18. The molecule has 0 radical (unpaired) electrons. The van der Waals surface area contributed by atoms with E-state index in [1.165, 1.54) is 11.3 Å². The van der Waals surface area contributed by atoms with Crippen LogP contribution in [0.3, 0.4) is 0 Å². The summed E-state index contributed by atoms with van der Waals surface area (Å²) in [7, 11) is 0. The predicted octanol–water partition coefficient (Wildman–Crippen LogP) is 3.45. The first-order chi connectivity index (χ1) is 6.86. The third-order valence-electron chi connectivity index (χ3n) is 2.28. The average molecular weight is 206 g/mol. The Morgan fingerprint density at radius 3 is 2.57 bits per heavy atom. The van der Waals surface area contributed by atoms with E-state index in [0.717, 1.165) is 17.9 Å². The van der Waals surface area contributed by atoms with Crippen LogP contribution in [0.15, 0.2) is 42.6 Å². The van der Waals surface area contributed by atoms with Gasteiger partial charge in [-0.2, -0.15) is 0 Å². The van der Waals surface area contributed by atoms with Crippen LogP contribution in [-0.4, -0.2) is 4.98 Å². The maximum Gasteiger partial charge on any atom is 0.0438 e. The van der Waals surface area contributed by atoms with Gasteiger partial charge in [0.05, 0.1) is 0 Å². The van der Waals surface area contributed by atoms with E-state index in [0.29, 0.717) is 0 Å². The molecule has 2 heteroatoms. The normalized spacial score (nSPS) is 10.4. The molecule has 0 saturated heterocycles. The number of nitrogens with one attached hydrogen (secondary N) is 1. The molecule has 1 aromatic heterocycles. The largest absolute Gasteiger partial charge is 0.365 e. The maximum absolute atomic E-state index is 6.05. The minimum Gasteiger partial charge on any atom is -0.365 e. The molecule has 0 aliphatic heterocycles. The summed E-state index contributed by atoms with van der Waals surface area (Å²) < 4.78 is 0. The van der Waals surface area contributed by atoms with Gasteiger partial charge < -0.3 is 4.98 Å². The molecule has 1 aromatic carbocycles. The molecule has 1 nitrogen and oxygen atoms in total. The molecule has 2 aromatic rings. The van der Waals surface area contributed by atoms with Crippen LogP contribution in [-0.2, 0) is 12.8 Å². The smallest absolute Gasteiger partial charge is 0.0438 e. The number of aromatic amines is 1. The first-order valence-corrected chi connectivity index (χ1v) is 5.10. The summed E-state index contributed by atoms with van der Waals surface area (Å²) in [6.07, 6.45) is 3.94. The second-order valence-electron chi connectivity index (χ2n) is 3.29. The van der Waals surface area contributed by atoms with Gasteiger partial charge in [0.15, 0.2) is 0 Å². The van der Waals surface area contributed by atoms with Crippen molar-refractivity contribution >= 4 is 11.6 Å². The zero-order valence-corrected chi connectivity index (χ0v) is 8.59. The van der Waals surface area contributed by atoms with E-state index in [-0.39, 0.29) is 0 Å². The molecule has 2 rings (SSSR count). The fourth-order valence-electron chi connectivity index (χ4n) is 1.49. The van der Waals surface area contributed by atoms with Gasteiger partial charge in [0.25, 0.3) is 0 Å². The molecule has 0 amide bonds. The Balaban J connectivity index is 2.02. The van der Waals surface area contributed by atoms with Crippen LogP contribution >= 0.6 is 11.6 Å². The first-order valence-electron chi connectivity index (χ1n) is 4.72. The van der Waals surface area contributed by atoms with E-state index in [1.807, 2.05) is 30.5 Å². The lowest BCUT2D eigenvalue weighted by atomic mass is 10.1. The average Bonchev–Trinajstić information content (AvgIpc) is 2.69. The minimum atomic E-state index is 0.860. The van der Waals surface area contributed by atoms with Crippen molar-refractivity contribution in [2.75, 3.05) is 0 Å². The zero-order valence-electron chi connectivity index (χ0n) is 7.83. The molecule has 0 saturated carbocycles. The van der Waals surface area contributed by atoms with E-state index < -0.39 is 0 Å². The van der Waals surface area contributed by atoms with E-state index in [9.17, 15) is 0 Å². The summed E-state index contributed by atoms with van der Waals surface area (Å²) in [5.41, 5.74) is 2.47. The Morgan fingerprint density at radius 1 is 1.00 bits per heavy atom. The summed E-state index contributed by atoms with van der Waals surface area (Å²) in [4.78, 5) is 3.18. The molecule has 0 aliphatic rings. The van der Waals surface area contributed by atoms with Crippen molar-refractivity contribution in [1.82, 2.24) is 4.98 Å². The Kier molecular flexibility index (Phi) is 2.90. The van der Waals surface area contributed by atoms with Crippen molar-refractivity contribution in [3.63, 3.8) is 0 Å². The number of hydrogen-bond donors (Lipinski definition) is 1. The lowest BCUT2D eigenvalue weighted by Crippen LogP contribution is -1.91. The fourth-order valence-corrected chi connectivity index (χ4v) is 1.72. The molecule has 0 spiro atoms. The third-order valence-corrected chi connectivity index (χ3v) is 2.65. The van der Waals surface area contributed by atoms with Crippen LogP contribution in [0.4, 0.5) is 0 Å². The van der Waals surface area contributed by atoms with E-state index >= 15 is 0 Å². The molecule has 0 aliphatic carbocycles. The van der Waals surface area contributed by atoms with Gasteiger partial charge in [-0.05, 0) is 36.6 Å². The standard InChI is InChI=1S/C12H12ClN/c13-12-6-2-1-4-10(12)7-8-11-5-3-9-14-11/h1-6,9,14H,7-8H2. The molecule has 72 valence electrons. The van der Waals surface area contributed by atoms with Gasteiger partial charge in [0, 0.05) is 16.9 Å². The number of rotatable bonds is 3. The monoisotopic (exact) mass is 205 g/mol. The highest BCUT2D eigenvalue weighted by atomic mass is 35.5. The van der Waals surface area contributed by atoms with Gasteiger partial charge >= 0.3 is 0 Å². The number of hydrogen-bond acceptors (Lipinski definition) is 0. The first kappa shape index (κ1) is 9.35. The topological polar surface area (TPSA) is 15.8 Å². The summed E-state index contributed by atoms with van der Waals surface area (Å²) >= 11 is 6.05. The second-order valence-corrected chi connectivity index (χ2v) is 3.69. The molecular weight excluding hydrogens is 194 g/mol. The van der Waals surface area contributed by atoms with Crippen molar-refractivity contribution in [3.8, 4) is 0 Å². The summed E-state index contributed by atoms with van der Waals surface area (Å²) in [5, 5.41) is 0.860. The van der Waals surface area contributed by atoms with E-state index in [2.05, 4.69) is 17.1 Å². The second kappa shape index (κ2) is 4.34. The summed E-state index contributed by atoms with van der Waals surface area (Å²) in [6, 6.07) is 12.1. The number of aryl methyl sites for hydroxylation is 2. The molecule has 1 N–H and O–H groups in total.